The molecule has 126 valence electrons. The van der Waals surface area contributed by atoms with E-state index in [4.69, 9.17) is 34.8 Å². The molecule has 0 aliphatic carbocycles. The topological polar surface area (TPSA) is 34.1 Å². The molecule has 4 rings (SSSR count). The Morgan fingerprint density at radius 3 is 2.16 bits per heavy atom. The van der Waals surface area contributed by atoms with Crippen molar-refractivity contribution in [2.45, 2.75) is 23.6 Å². The average Bonchev–Trinajstić information content (AvgIpc) is 3.03. The normalized spacial score (nSPS) is 18.8. The number of Topliss-reactive ketones (excluding diaryl/α,β-unsaturated/α-hetero) is 2. The summed E-state index contributed by atoms with van der Waals surface area (Å²) in [6.07, 6.45) is 0. The monoisotopic (exact) mass is 426 g/mol. The van der Waals surface area contributed by atoms with Crippen LogP contribution in [0.15, 0.2) is 37.8 Å². The largest absolute Gasteiger partial charge is 0.288 e. The molecule has 0 aromatic heterocycles. The van der Waals surface area contributed by atoms with E-state index in [1.807, 2.05) is 6.92 Å². The molecule has 0 fully saturated rings. The molecule has 2 heterocycles. The van der Waals surface area contributed by atoms with Crippen LogP contribution in [0.1, 0.15) is 31.8 Å². The van der Waals surface area contributed by atoms with Crippen LogP contribution in [0.25, 0.3) is 0 Å². The molecule has 0 unspecified atom stereocenters. The Bertz CT molecular complexity index is 1040. The van der Waals surface area contributed by atoms with E-state index in [1.54, 1.807) is 25.1 Å². The first-order chi connectivity index (χ1) is 11.8. The molecule has 0 amide bonds. The van der Waals surface area contributed by atoms with Crippen LogP contribution in [0, 0.1) is 13.8 Å². The van der Waals surface area contributed by atoms with Crippen molar-refractivity contribution in [3.63, 3.8) is 0 Å². The third-order valence-electron chi connectivity index (χ3n) is 4.18. The maximum atomic E-state index is 13.0. The van der Waals surface area contributed by atoms with Gasteiger partial charge < -0.3 is 0 Å². The van der Waals surface area contributed by atoms with Gasteiger partial charge in [0, 0.05) is 31.0 Å². The summed E-state index contributed by atoms with van der Waals surface area (Å²) in [7, 11) is 0. The second-order valence-corrected chi connectivity index (χ2v) is 9.11. The Kier molecular flexibility index (Phi) is 4.25. The number of aryl methyl sites for hydroxylation is 1. The molecule has 0 saturated heterocycles. The summed E-state index contributed by atoms with van der Waals surface area (Å²) in [6.45, 7) is 3.63. The maximum Gasteiger partial charge on any atom is 0.202 e. The van der Waals surface area contributed by atoms with Gasteiger partial charge in [-0.15, -0.1) is 0 Å². The predicted octanol–water partition coefficient (Wildman–Crippen LogP) is 6.75. The number of hydrogen-bond acceptors (Lipinski definition) is 4. The van der Waals surface area contributed by atoms with Gasteiger partial charge in [0.15, 0.2) is 0 Å². The molecule has 2 aliphatic heterocycles. The quantitative estimate of drug-likeness (QED) is 0.435. The molecule has 0 atom stereocenters. The summed E-state index contributed by atoms with van der Waals surface area (Å²) < 4.78 is 0. The number of rotatable bonds is 0. The van der Waals surface area contributed by atoms with Gasteiger partial charge in [0.05, 0.1) is 14.8 Å². The van der Waals surface area contributed by atoms with Crippen molar-refractivity contribution in [3.8, 4) is 0 Å². The molecule has 7 heteroatoms. The van der Waals surface area contributed by atoms with E-state index in [9.17, 15) is 9.59 Å². The van der Waals surface area contributed by atoms with Gasteiger partial charge in [-0.1, -0.05) is 58.3 Å². The molecule has 0 spiro atoms. The first-order valence-corrected chi connectivity index (χ1v) is 10.0. The van der Waals surface area contributed by atoms with E-state index < -0.39 is 0 Å². The SMILES string of the molecule is Cc1cc(Cl)cc2c1C(=O)C(=C1Sc3c(Cl)cc(Cl)c(C)c3C1=O)S2. The predicted molar refractivity (Wildman–Crippen MR) is 105 cm³/mol. The molecule has 2 nitrogen and oxygen atoms in total. The zero-order valence-electron chi connectivity index (χ0n) is 13.0. The van der Waals surface area contributed by atoms with Crippen LogP contribution in [-0.2, 0) is 0 Å². The Morgan fingerprint density at radius 1 is 0.800 bits per heavy atom. The van der Waals surface area contributed by atoms with E-state index in [-0.39, 0.29) is 11.6 Å². The van der Waals surface area contributed by atoms with Gasteiger partial charge in [0.1, 0.15) is 0 Å². The second kappa shape index (κ2) is 6.07. The first kappa shape index (κ1) is 17.5. The molecule has 25 heavy (non-hydrogen) atoms. The second-order valence-electron chi connectivity index (χ2n) is 5.79. The fourth-order valence-electron chi connectivity index (χ4n) is 2.98. The lowest BCUT2D eigenvalue weighted by molar-refractivity contribution is 0.101. The highest BCUT2D eigenvalue weighted by atomic mass is 35.5. The zero-order valence-corrected chi connectivity index (χ0v) is 16.9. The van der Waals surface area contributed by atoms with Crippen LogP contribution in [0.2, 0.25) is 15.1 Å². The fourth-order valence-corrected chi connectivity index (χ4v) is 6.38. The van der Waals surface area contributed by atoms with Crippen molar-refractivity contribution < 1.29 is 9.59 Å². The molecular weight excluding hydrogens is 419 g/mol. The van der Waals surface area contributed by atoms with E-state index in [1.165, 1.54) is 23.5 Å². The van der Waals surface area contributed by atoms with Gasteiger partial charge in [-0.25, -0.2) is 0 Å². The Hall–Kier alpha value is -0.910. The van der Waals surface area contributed by atoms with E-state index in [0.29, 0.717) is 46.5 Å². The van der Waals surface area contributed by atoms with Gasteiger partial charge >= 0.3 is 0 Å². The Balaban J connectivity index is 1.89. The number of carbonyl (C=O) groups excluding carboxylic acids is 2. The summed E-state index contributed by atoms with van der Waals surface area (Å²) in [5.41, 5.74) is 2.59. The summed E-state index contributed by atoms with van der Waals surface area (Å²) in [6, 6.07) is 5.14. The summed E-state index contributed by atoms with van der Waals surface area (Å²) >= 11 is 21.1. The lowest BCUT2D eigenvalue weighted by atomic mass is 10.0. The van der Waals surface area contributed by atoms with Crippen LogP contribution in [0.3, 0.4) is 0 Å². The maximum absolute atomic E-state index is 13.0. The third-order valence-corrected chi connectivity index (χ3v) is 7.69. The minimum atomic E-state index is -0.200. The lowest BCUT2D eigenvalue weighted by Gasteiger charge is -2.05. The summed E-state index contributed by atoms with van der Waals surface area (Å²) in [4.78, 5) is 28.2. The van der Waals surface area contributed by atoms with Crippen molar-refractivity contribution in [2.75, 3.05) is 0 Å². The minimum Gasteiger partial charge on any atom is -0.288 e. The number of benzene rings is 2. The third kappa shape index (κ3) is 2.58. The average molecular weight is 428 g/mol. The molecule has 0 saturated carbocycles. The van der Waals surface area contributed by atoms with Crippen molar-refractivity contribution >= 4 is 69.9 Å². The van der Waals surface area contributed by atoms with Gasteiger partial charge in [0.25, 0.3) is 0 Å². The fraction of sp³-hybridized carbons (Fsp3) is 0.111. The Morgan fingerprint density at radius 2 is 1.44 bits per heavy atom. The van der Waals surface area contributed by atoms with Crippen LogP contribution in [0.5, 0.6) is 0 Å². The number of ketones is 2. The van der Waals surface area contributed by atoms with Crippen LogP contribution < -0.4 is 0 Å². The summed E-state index contributed by atoms with van der Waals surface area (Å²) in [5.74, 6) is -0.341. The van der Waals surface area contributed by atoms with Gasteiger partial charge in [-0.2, -0.15) is 0 Å². The molecule has 2 aromatic carbocycles. The molecular formula is C18H9Cl3O2S2. The molecule has 2 aliphatic rings. The van der Waals surface area contributed by atoms with Crippen molar-refractivity contribution in [1.82, 2.24) is 0 Å². The number of hydrogen-bond donors (Lipinski definition) is 0. The highest BCUT2D eigenvalue weighted by Gasteiger charge is 2.39. The lowest BCUT2D eigenvalue weighted by Crippen LogP contribution is -2.04. The van der Waals surface area contributed by atoms with Gasteiger partial charge in [-0.3, -0.25) is 9.59 Å². The summed E-state index contributed by atoms with van der Waals surface area (Å²) in [5, 5.41) is 1.44. The van der Waals surface area contributed by atoms with Crippen LogP contribution in [0.4, 0.5) is 0 Å². The molecule has 0 bridgehead atoms. The van der Waals surface area contributed by atoms with Crippen molar-refractivity contribution in [2.24, 2.45) is 0 Å². The van der Waals surface area contributed by atoms with Crippen molar-refractivity contribution in [1.29, 1.82) is 0 Å². The number of halogens is 3. The number of allylic oxidation sites excluding steroid dienone is 2. The number of thioether (sulfide) groups is 2. The first-order valence-electron chi connectivity index (χ1n) is 7.27. The number of carbonyl (C=O) groups is 2. The highest BCUT2D eigenvalue weighted by Crippen LogP contribution is 2.53. The molecule has 2 aromatic rings. The highest BCUT2D eigenvalue weighted by molar-refractivity contribution is 8.08. The smallest absolute Gasteiger partial charge is 0.202 e. The standard InChI is InChI=1S/C18H9Cl3O2S2/c1-6-3-8(19)4-11-12(6)14(22)17(24-11)18-15(23)13-7(2)9(20)5-10(21)16(13)25-18/h3-5H,1-2H3. The van der Waals surface area contributed by atoms with Gasteiger partial charge in [-0.05, 0) is 43.2 Å². The van der Waals surface area contributed by atoms with Gasteiger partial charge in [0.2, 0.25) is 11.6 Å². The van der Waals surface area contributed by atoms with E-state index in [2.05, 4.69) is 0 Å². The number of fused-ring (bicyclic) bond motifs is 2. The van der Waals surface area contributed by atoms with Crippen molar-refractivity contribution in [3.05, 3.63) is 65.3 Å². The van der Waals surface area contributed by atoms with E-state index in [0.717, 1.165) is 10.5 Å². The molecule has 0 N–H and O–H groups in total. The van der Waals surface area contributed by atoms with Crippen LogP contribution in [-0.4, -0.2) is 11.6 Å². The molecule has 0 radical (unpaired) electrons. The Labute approximate surface area is 167 Å². The minimum absolute atomic E-state index is 0.141. The van der Waals surface area contributed by atoms with E-state index >= 15 is 0 Å². The zero-order chi connectivity index (χ0) is 18.0. The van der Waals surface area contributed by atoms with Crippen LogP contribution >= 0.6 is 58.3 Å².